The summed E-state index contributed by atoms with van der Waals surface area (Å²) < 4.78 is 0. The number of aromatic nitrogens is 1. The topological polar surface area (TPSA) is 31.4 Å². The number of piperazine rings is 1. The summed E-state index contributed by atoms with van der Waals surface area (Å²) in [6.07, 6.45) is 3.00. The molecule has 0 radical (unpaired) electrons. The summed E-state index contributed by atoms with van der Waals surface area (Å²) in [5.74, 6) is 1.74. The Labute approximate surface area is 148 Å². The minimum absolute atomic E-state index is 0.670. The molecule has 1 atom stereocenters. The molecule has 0 bridgehead atoms. The zero-order valence-corrected chi connectivity index (χ0v) is 14.5. The Balaban J connectivity index is 1.30. The Bertz CT molecular complexity index is 680. The molecular formula is C19H23ClN4. The first kappa shape index (κ1) is 15.7. The van der Waals surface area contributed by atoms with Crippen LogP contribution in [0.2, 0.25) is 5.02 Å². The van der Waals surface area contributed by atoms with Crippen LogP contribution in [-0.4, -0.2) is 49.2 Å². The average Bonchev–Trinajstić information content (AvgIpc) is 2.63. The smallest absolute Gasteiger partial charge is 0.129 e. The lowest BCUT2D eigenvalue weighted by atomic mass is 9.95. The molecule has 24 heavy (non-hydrogen) atoms. The number of rotatable bonds is 3. The Morgan fingerprint density at radius 1 is 1.08 bits per heavy atom. The third-order valence-electron chi connectivity index (χ3n) is 5.04. The molecule has 3 heterocycles. The summed E-state index contributed by atoms with van der Waals surface area (Å²) >= 11 is 5.98. The summed E-state index contributed by atoms with van der Waals surface area (Å²) in [4.78, 5) is 9.46. The molecule has 1 saturated heterocycles. The highest BCUT2D eigenvalue weighted by molar-refractivity contribution is 6.30. The maximum absolute atomic E-state index is 5.98. The van der Waals surface area contributed by atoms with E-state index < -0.39 is 0 Å². The third kappa shape index (κ3) is 3.50. The van der Waals surface area contributed by atoms with Crippen LogP contribution in [0.4, 0.5) is 11.5 Å². The number of hydrogen-bond acceptors (Lipinski definition) is 4. The van der Waals surface area contributed by atoms with Crippen LogP contribution < -0.4 is 10.2 Å². The lowest BCUT2D eigenvalue weighted by molar-refractivity contribution is 0.220. The number of pyridine rings is 1. The van der Waals surface area contributed by atoms with E-state index in [0.29, 0.717) is 5.92 Å². The molecule has 1 aromatic heterocycles. The Morgan fingerprint density at radius 3 is 2.67 bits per heavy atom. The van der Waals surface area contributed by atoms with Gasteiger partial charge in [0.25, 0.3) is 0 Å². The molecule has 1 unspecified atom stereocenters. The number of nitrogens with zero attached hydrogens (tertiary/aromatic N) is 3. The van der Waals surface area contributed by atoms with E-state index in [1.54, 1.807) is 0 Å². The molecule has 1 N–H and O–H groups in total. The molecule has 2 aliphatic heterocycles. The molecule has 4 rings (SSSR count). The Kier molecular flexibility index (Phi) is 4.58. The van der Waals surface area contributed by atoms with Crippen LogP contribution in [0.5, 0.6) is 0 Å². The number of fused-ring (bicyclic) bond motifs is 1. The van der Waals surface area contributed by atoms with Crippen LogP contribution in [0.3, 0.4) is 0 Å². The molecule has 0 spiro atoms. The predicted octanol–water partition coefficient (Wildman–Crippen LogP) is 3.14. The van der Waals surface area contributed by atoms with Crippen LogP contribution in [-0.2, 0) is 6.42 Å². The zero-order valence-electron chi connectivity index (χ0n) is 13.8. The monoisotopic (exact) mass is 342 g/mol. The van der Waals surface area contributed by atoms with Crippen molar-refractivity contribution in [3.63, 3.8) is 0 Å². The first-order valence-electron chi connectivity index (χ1n) is 8.68. The average molecular weight is 343 g/mol. The molecule has 1 fully saturated rings. The summed E-state index contributed by atoms with van der Waals surface area (Å²) in [6.45, 7) is 6.61. The largest absolute Gasteiger partial charge is 0.370 e. The van der Waals surface area contributed by atoms with E-state index in [4.69, 9.17) is 11.6 Å². The first-order valence-corrected chi connectivity index (χ1v) is 9.06. The van der Waals surface area contributed by atoms with Gasteiger partial charge in [0.05, 0.1) is 0 Å². The van der Waals surface area contributed by atoms with Gasteiger partial charge < -0.3 is 10.2 Å². The number of hydrogen-bond donors (Lipinski definition) is 1. The van der Waals surface area contributed by atoms with Crippen molar-refractivity contribution >= 4 is 23.1 Å². The molecule has 0 saturated carbocycles. The van der Waals surface area contributed by atoms with Gasteiger partial charge >= 0.3 is 0 Å². The van der Waals surface area contributed by atoms with E-state index >= 15 is 0 Å². The molecule has 126 valence electrons. The Morgan fingerprint density at radius 2 is 1.88 bits per heavy atom. The van der Waals surface area contributed by atoms with Gasteiger partial charge in [-0.15, -0.1) is 0 Å². The van der Waals surface area contributed by atoms with Crippen LogP contribution in [0.15, 0.2) is 42.6 Å². The standard InChI is InChI=1S/C19H23ClN4/c20-17-3-5-18(6-4-17)24-10-8-23(9-11-24)14-15-12-16-2-1-7-21-19(16)22-13-15/h1-7,15H,8-14H2,(H,21,22). The second-order valence-corrected chi connectivity index (χ2v) is 7.16. The van der Waals surface area contributed by atoms with Gasteiger partial charge in [-0.05, 0) is 48.2 Å². The SMILES string of the molecule is Clc1ccc(N2CCN(CC3CNc4ncccc4C3)CC2)cc1. The normalized spacial score (nSPS) is 21.2. The van der Waals surface area contributed by atoms with Crippen molar-refractivity contribution in [2.24, 2.45) is 5.92 Å². The third-order valence-corrected chi connectivity index (χ3v) is 5.29. The zero-order chi connectivity index (χ0) is 16.4. The van der Waals surface area contributed by atoms with Crippen molar-refractivity contribution in [1.82, 2.24) is 9.88 Å². The molecule has 0 aliphatic carbocycles. The quantitative estimate of drug-likeness (QED) is 0.928. The van der Waals surface area contributed by atoms with Gasteiger partial charge in [-0.3, -0.25) is 4.90 Å². The second-order valence-electron chi connectivity index (χ2n) is 6.73. The fourth-order valence-electron chi connectivity index (χ4n) is 3.72. The molecular weight excluding hydrogens is 320 g/mol. The van der Waals surface area contributed by atoms with Crippen molar-refractivity contribution in [3.05, 3.63) is 53.2 Å². The minimum Gasteiger partial charge on any atom is -0.370 e. The number of anilines is 2. The van der Waals surface area contributed by atoms with Crippen molar-refractivity contribution in [2.45, 2.75) is 6.42 Å². The van der Waals surface area contributed by atoms with Crippen molar-refractivity contribution in [3.8, 4) is 0 Å². The highest BCUT2D eigenvalue weighted by atomic mass is 35.5. The second kappa shape index (κ2) is 6.99. The number of benzene rings is 1. The van der Waals surface area contributed by atoms with E-state index in [-0.39, 0.29) is 0 Å². The van der Waals surface area contributed by atoms with Crippen molar-refractivity contribution < 1.29 is 0 Å². The summed E-state index contributed by atoms with van der Waals surface area (Å²) in [7, 11) is 0. The van der Waals surface area contributed by atoms with E-state index in [9.17, 15) is 0 Å². The number of halogens is 1. The predicted molar refractivity (Wildman–Crippen MR) is 100 cm³/mol. The van der Waals surface area contributed by atoms with Gasteiger partial charge in [0, 0.05) is 56.2 Å². The Hall–Kier alpha value is -1.78. The minimum atomic E-state index is 0.670. The van der Waals surface area contributed by atoms with E-state index in [1.165, 1.54) is 11.3 Å². The van der Waals surface area contributed by atoms with Gasteiger partial charge in [0.15, 0.2) is 0 Å². The highest BCUT2D eigenvalue weighted by Gasteiger charge is 2.23. The fourth-order valence-corrected chi connectivity index (χ4v) is 3.85. The van der Waals surface area contributed by atoms with Crippen molar-refractivity contribution in [2.75, 3.05) is 49.5 Å². The van der Waals surface area contributed by atoms with Crippen LogP contribution >= 0.6 is 11.6 Å². The van der Waals surface area contributed by atoms with Gasteiger partial charge in [0.1, 0.15) is 5.82 Å². The molecule has 0 amide bonds. The fraction of sp³-hybridized carbons (Fsp3) is 0.421. The van der Waals surface area contributed by atoms with Crippen molar-refractivity contribution in [1.29, 1.82) is 0 Å². The van der Waals surface area contributed by atoms with Crippen LogP contribution in [0, 0.1) is 5.92 Å². The highest BCUT2D eigenvalue weighted by Crippen LogP contribution is 2.24. The van der Waals surface area contributed by atoms with Crippen LogP contribution in [0.25, 0.3) is 0 Å². The lowest BCUT2D eigenvalue weighted by Crippen LogP contribution is -2.49. The lowest BCUT2D eigenvalue weighted by Gasteiger charge is -2.38. The number of nitrogens with one attached hydrogen (secondary N) is 1. The van der Waals surface area contributed by atoms with Gasteiger partial charge in [0.2, 0.25) is 0 Å². The van der Waals surface area contributed by atoms with E-state index in [1.807, 2.05) is 24.4 Å². The van der Waals surface area contributed by atoms with E-state index in [2.05, 4.69) is 38.3 Å². The van der Waals surface area contributed by atoms with Crippen LogP contribution in [0.1, 0.15) is 5.56 Å². The molecule has 2 aromatic rings. The summed E-state index contributed by atoms with van der Waals surface area (Å²) in [5.41, 5.74) is 2.63. The van der Waals surface area contributed by atoms with Gasteiger partial charge in [-0.1, -0.05) is 17.7 Å². The molecule has 4 nitrogen and oxygen atoms in total. The summed E-state index contributed by atoms with van der Waals surface area (Å²) in [5, 5.41) is 4.28. The van der Waals surface area contributed by atoms with Gasteiger partial charge in [-0.25, -0.2) is 4.98 Å². The van der Waals surface area contributed by atoms with Gasteiger partial charge in [-0.2, -0.15) is 0 Å². The maximum Gasteiger partial charge on any atom is 0.129 e. The molecule has 1 aromatic carbocycles. The molecule has 5 heteroatoms. The van der Waals surface area contributed by atoms with E-state index in [0.717, 1.165) is 56.5 Å². The first-order chi connectivity index (χ1) is 11.8. The molecule has 2 aliphatic rings. The summed E-state index contributed by atoms with van der Waals surface area (Å²) in [6, 6.07) is 12.4. The maximum atomic E-state index is 5.98.